The molecule has 0 spiro atoms. The lowest BCUT2D eigenvalue weighted by Crippen LogP contribution is -2.17. The van der Waals surface area contributed by atoms with Gasteiger partial charge in [0.15, 0.2) is 0 Å². The Bertz CT molecular complexity index is 409. The highest BCUT2D eigenvalue weighted by Crippen LogP contribution is 2.29. The van der Waals surface area contributed by atoms with Crippen LogP contribution in [0.1, 0.15) is 55.1 Å². The number of carbonyl (C=O) groups is 1. The van der Waals surface area contributed by atoms with Crippen molar-refractivity contribution in [2.24, 2.45) is 0 Å². The van der Waals surface area contributed by atoms with Gasteiger partial charge in [-0.15, -0.1) is 11.8 Å². The minimum atomic E-state index is -0.285. The number of methoxy groups -OCH3 is 1. The van der Waals surface area contributed by atoms with Crippen molar-refractivity contribution in [1.82, 2.24) is 9.78 Å². The fourth-order valence-electron chi connectivity index (χ4n) is 2.51. The molecule has 1 aromatic rings. The van der Waals surface area contributed by atoms with Crippen LogP contribution in [0.2, 0.25) is 0 Å². The van der Waals surface area contributed by atoms with Crippen LogP contribution in [0.4, 0.5) is 0 Å². The topological polar surface area (TPSA) is 44.1 Å². The van der Waals surface area contributed by atoms with Crippen LogP contribution < -0.4 is 0 Å². The van der Waals surface area contributed by atoms with E-state index >= 15 is 0 Å². The third kappa shape index (κ3) is 2.88. The average Bonchev–Trinajstić information content (AvgIpc) is 2.65. The number of ether oxygens (including phenoxy) is 1. The summed E-state index contributed by atoms with van der Waals surface area (Å²) in [6, 6.07) is 2.18. The standard InChI is InChI=1S/C13H20N2O2S/c1-17-13(16)11-9-12(18-2)14-15(11)10-7-5-3-4-6-8-10/h9-10H,3-8H2,1-2H3. The Kier molecular flexibility index (Phi) is 4.69. The first-order valence-corrected chi connectivity index (χ1v) is 7.70. The van der Waals surface area contributed by atoms with E-state index in [1.54, 1.807) is 11.8 Å². The summed E-state index contributed by atoms with van der Waals surface area (Å²) in [5.41, 5.74) is 0.591. The van der Waals surface area contributed by atoms with E-state index in [-0.39, 0.29) is 5.97 Å². The van der Waals surface area contributed by atoms with Gasteiger partial charge in [-0.3, -0.25) is 4.68 Å². The van der Waals surface area contributed by atoms with Crippen molar-refractivity contribution >= 4 is 17.7 Å². The molecule has 100 valence electrons. The lowest BCUT2D eigenvalue weighted by Gasteiger charge is -2.16. The summed E-state index contributed by atoms with van der Waals surface area (Å²) >= 11 is 1.56. The van der Waals surface area contributed by atoms with Crippen LogP contribution in [0.5, 0.6) is 0 Å². The summed E-state index contributed by atoms with van der Waals surface area (Å²) < 4.78 is 6.74. The maximum absolute atomic E-state index is 11.8. The third-order valence-corrected chi connectivity index (χ3v) is 4.11. The van der Waals surface area contributed by atoms with E-state index in [4.69, 9.17) is 4.74 Å². The second-order valence-electron chi connectivity index (χ2n) is 4.65. The molecule has 5 heteroatoms. The Labute approximate surface area is 112 Å². The highest BCUT2D eigenvalue weighted by molar-refractivity contribution is 7.98. The Morgan fingerprint density at radius 3 is 2.61 bits per heavy atom. The van der Waals surface area contributed by atoms with E-state index < -0.39 is 0 Å². The van der Waals surface area contributed by atoms with Gasteiger partial charge in [0.2, 0.25) is 0 Å². The van der Waals surface area contributed by atoms with Gasteiger partial charge < -0.3 is 4.74 Å². The molecule has 1 aliphatic carbocycles. The first-order valence-electron chi connectivity index (χ1n) is 6.48. The summed E-state index contributed by atoms with van der Waals surface area (Å²) in [5.74, 6) is -0.285. The molecule has 0 aromatic carbocycles. The quantitative estimate of drug-likeness (QED) is 0.479. The summed E-state index contributed by atoms with van der Waals surface area (Å²) in [7, 11) is 1.42. The second-order valence-corrected chi connectivity index (χ2v) is 5.48. The molecular formula is C13H20N2O2S. The predicted octanol–water partition coefficient (Wildman–Crippen LogP) is 3.29. The molecule has 1 fully saturated rings. The van der Waals surface area contributed by atoms with E-state index in [9.17, 15) is 4.79 Å². The Morgan fingerprint density at radius 2 is 2.06 bits per heavy atom. The van der Waals surface area contributed by atoms with Crippen molar-refractivity contribution in [3.63, 3.8) is 0 Å². The molecule has 2 rings (SSSR count). The van der Waals surface area contributed by atoms with Crippen LogP contribution in [0, 0.1) is 0 Å². The van der Waals surface area contributed by atoms with Gasteiger partial charge >= 0.3 is 5.97 Å². The van der Waals surface area contributed by atoms with Crippen molar-refractivity contribution in [2.45, 2.75) is 49.6 Å². The van der Waals surface area contributed by atoms with E-state index in [2.05, 4.69) is 5.10 Å². The molecule has 18 heavy (non-hydrogen) atoms. The summed E-state index contributed by atoms with van der Waals surface area (Å²) in [4.78, 5) is 11.8. The fraction of sp³-hybridized carbons (Fsp3) is 0.692. The predicted molar refractivity (Wildman–Crippen MR) is 72.1 cm³/mol. The van der Waals surface area contributed by atoms with Gasteiger partial charge in [-0.1, -0.05) is 25.7 Å². The van der Waals surface area contributed by atoms with Gasteiger partial charge in [-0.05, 0) is 19.1 Å². The molecule has 0 aliphatic heterocycles. The van der Waals surface area contributed by atoms with Crippen molar-refractivity contribution in [1.29, 1.82) is 0 Å². The average molecular weight is 268 g/mol. The first kappa shape index (κ1) is 13.5. The highest BCUT2D eigenvalue weighted by Gasteiger charge is 2.22. The monoisotopic (exact) mass is 268 g/mol. The van der Waals surface area contributed by atoms with Gasteiger partial charge in [0.05, 0.1) is 13.2 Å². The molecule has 0 atom stereocenters. The Morgan fingerprint density at radius 1 is 1.39 bits per heavy atom. The highest BCUT2D eigenvalue weighted by atomic mass is 32.2. The van der Waals surface area contributed by atoms with E-state index in [1.807, 2.05) is 17.0 Å². The van der Waals surface area contributed by atoms with Crippen LogP contribution in [-0.4, -0.2) is 29.1 Å². The number of hydrogen-bond acceptors (Lipinski definition) is 4. The third-order valence-electron chi connectivity index (χ3n) is 3.49. The van der Waals surface area contributed by atoms with Gasteiger partial charge in [0.1, 0.15) is 10.7 Å². The Hall–Kier alpha value is -0.970. The minimum absolute atomic E-state index is 0.285. The van der Waals surface area contributed by atoms with Crippen LogP contribution >= 0.6 is 11.8 Å². The number of carbonyl (C=O) groups excluding carboxylic acids is 1. The maximum Gasteiger partial charge on any atom is 0.356 e. The van der Waals surface area contributed by atoms with Crippen LogP contribution in [0.3, 0.4) is 0 Å². The molecule has 1 heterocycles. The van der Waals surface area contributed by atoms with Crippen molar-refractivity contribution < 1.29 is 9.53 Å². The van der Waals surface area contributed by atoms with E-state index in [0.717, 1.165) is 17.9 Å². The number of esters is 1. The van der Waals surface area contributed by atoms with Crippen molar-refractivity contribution in [3.05, 3.63) is 11.8 Å². The van der Waals surface area contributed by atoms with Crippen molar-refractivity contribution in [3.8, 4) is 0 Å². The summed E-state index contributed by atoms with van der Waals surface area (Å²) in [6.45, 7) is 0. The first-order chi connectivity index (χ1) is 8.76. The molecule has 1 aromatic heterocycles. The van der Waals surface area contributed by atoms with Crippen LogP contribution in [0.15, 0.2) is 11.1 Å². The van der Waals surface area contributed by atoms with Crippen LogP contribution in [-0.2, 0) is 4.74 Å². The van der Waals surface area contributed by atoms with E-state index in [1.165, 1.54) is 32.8 Å². The molecule has 0 radical (unpaired) electrons. The largest absolute Gasteiger partial charge is 0.464 e. The molecule has 0 bridgehead atoms. The maximum atomic E-state index is 11.8. The minimum Gasteiger partial charge on any atom is -0.464 e. The lowest BCUT2D eigenvalue weighted by molar-refractivity contribution is 0.0582. The van der Waals surface area contributed by atoms with Gasteiger partial charge in [0, 0.05) is 6.07 Å². The number of thioether (sulfide) groups is 1. The number of rotatable bonds is 3. The number of aromatic nitrogens is 2. The molecule has 1 aliphatic rings. The molecule has 0 N–H and O–H groups in total. The van der Waals surface area contributed by atoms with Gasteiger partial charge in [-0.25, -0.2) is 4.79 Å². The van der Waals surface area contributed by atoms with Gasteiger partial charge in [0.25, 0.3) is 0 Å². The summed E-state index contributed by atoms with van der Waals surface area (Å²) in [6.07, 6.45) is 9.22. The zero-order valence-electron chi connectivity index (χ0n) is 11.0. The zero-order valence-corrected chi connectivity index (χ0v) is 11.8. The molecule has 0 amide bonds. The normalized spacial score (nSPS) is 17.4. The van der Waals surface area contributed by atoms with Gasteiger partial charge in [-0.2, -0.15) is 5.10 Å². The smallest absolute Gasteiger partial charge is 0.356 e. The number of hydrogen-bond donors (Lipinski definition) is 0. The lowest BCUT2D eigenvalue weighted by atomic mass is 10.1. The second kappa shape index (κ2) is 6.27. The van der Waals surface area contributed by atoms with Crippen molar-refractivity contribution in [2.75, 3.05) is 13.4 Å². The molecule has 4 nitrogen and oxygen atoms in total. The molecule has 0 unspecified atom stereocenters. The molecule has 1 saturated carbocycles. The number of nitrogens with zero attached hydrogens (tertiary/aromatic N) is 2. The Balaban J connectivity index is 2.28. The van der Waals surface area contributed by atoms with E-state index in [0.29, 0.717) is 11.7 Å². The van der Waals surface area contributed by atoms with Crippen LogP contribution in [0.25, 0.3) is 0 Å². The summed E-state index contributed by atoms with van der Waals surface area (Å²) in [5, 5.41) is 5.43. The fourth-order valence-corrected chi connectivity index (χ4v) is 2.91. The molecular weight excluding hydrogens is 248 g/mol. The zero-order chi connectivity index (χ0) is 13.0. The SMILES string of the molecule is COC(=O)c1cc(SC)nn1C1CCCCCC1. The molecule has 0 saturated heterocycles.